The van der Waals surface area contributed by atoms with Crippen molar-refractivity contribution in [2.24, 2.45) is 16.7 Å². The van der Waals surface area contributed by atoms with Crippen molar-refractivity contribution in [3.63, 3.8) is 0 Å². The van der Waals surface area contributed by atoms with Crippen LogP contribution < -0.4 is 24.8 Å². The summed E-state index contributed by atoms with van der Waals surface area (Å²) in [6, 6.07) is 12.9. The minimum atomic E-state index is -0.385. The molecule has 0 aliphatic heterocycles. The third-order valence-electron chi connectivity index (χ3n) is 10.2. The molecule has 6 aliphatic rings. The summed E-state index contributed by atoms with van der Waals surface area (Å²) in [5, 5.41) is 7.35. The van der Waals surface area contributed by atoms with Crippen LogP contribution in [-0.2, 0) is 9.59 Å². The van der Waals surface area contributed by atoms with Gasteiger partial charge >= 0.3 is 0 Å². The van der Waals surface area contributed by atoms with Gasteiger partial charge in [-0.3, -0.25) is 14.6 Å². The standard InChI is InChI=1S/C32H35N3O5/c1-38-26-15-23-24(16-27(26)39-2)33-14-7-25(23)40-22-5-3-21(4-6-22)34-28(36)30-8-11-31(12-9-30,13-10-30)29(37)35-32-17-20(18-32)19-32/h3-7,14-16,20H,8-13,17-19H2,1-2H3,(H,34,36)(H,35,37). The number of amides is 2. The highest BCUT2D eigenvalue weighted by atomic mass is 16.5. The van der Waals surface area contributed by atoms with Crippen LogP contribution in [0.3, 0.4) is 0 Å². The first-order valence-electron chi connectivity index (χ1n) is 14.3. The number of fused-ring (bicyclic) bond motifs is 4. The van der Waals surface area contributed by atoms with Gasteiger partial charge < -0.3 is 24.8 Å². The van der Waals surface area contributed by atoms with E-state index >= 15 is 0 Å². The number of hydrogen-bond acceptors (Lipinski definition) is 6. The SMILES string of the molecule is COc1cc2nccc(Oc3ccc(NC(=O)C45CCC(C(=O)NC67CC(C6)C7)(CC4)CC5)cc3)c2cc1OC. The molecule has 2 N–H and O–H groups in total. The highest BCUT2D eigenvalue weighted by molar-refractivity contribution is 5.96. The minimum absolute atomic E-state index is 0.0652. The molecule has 0 atom stereocenters. The molecule has 1 aromatic heterocycles. The van der Waals surface area contributed by atoms with E-state index in [1.165, 1.54) is 0 Å². The molecule has 6 aliphatic carbocycles. The fraction of sp³-hybridized carbons (Fsp3) is 0.469. The molecular weight excluding hydrogens is 506 g/mol. The van der Waals surface area contributed by atoms with Crippen molar-refractivity contribution in [2.45, 2.75) is 63.3 Å². The molecule has 1 heterocycles. The highest BCUT2D eigenvalue weighted by Crippen LogP contribution is 2.60. The topological polar surface area (TPSA) is 98.8 Å². The van der Waals surface area contributed by atoms with Crippen LogP contribution in [-0.4, -0.2) is 36.6 Å². The number of ether oxygens (including phenoxy) is 3. The van der Waals surface area contributed by atoms with Crippen LogP contribution in [0.5, 0.6) is 23.0 Å². The van der Waals surface area contributed by atoms with Gasteiger partial charge in [0.05, 0.1) is 19.7 Å². The third kappa shape index (κ3) is 3.99. The normalized spacial score (nSPS) is 29.6. The number of nitrogens with one attached hydrogen (secondary N) is 2. The molecule has 9 rings (SSSR count). The van der Waals surface area contributed by atoms with E-state index in [0.29, 0.717) is 23.0 Å². The lowest BCUT2D eigenvalue weighted by Gasteiger charge is -2.63. The number of rotatable bonds is 8. The predicted octanol–water partition coefficient (Wildman–Crippen LogP) is 5.99. The van der Waals surface area contributed by atoms with E-state index in [4.69, 9.17) is 14.2 Å². The second-order valence-electron chi connectivity index (χ2n) is 12.4. The van der Waals surface area contributed by atoms with Crippen LogP contribution in [0.4, 0.5) is 5.69 Å². The fourth-order valence-corrected chi connectivity index (χ4v) is 7.41. The fourth-order valence-electron chi connectivity index (χ4n) is 7.41. The van der Waals surface area contributed by atoms with Crippen LogP contribution in [0, 0.1) is 16.7 Å². The van der Waals surface area contributed by atoms with E-state index < -0.39 is 0 Å². The second kappa shape index (κ2) is 9.11. The number of anilines is 1. The summed E-state index contributed by atoms with van der Waals surface area (Å²) in [6.45, 7) is 0. The summed E-state index contributed by atoms with van der Waals surface area (Å²) < 4.78 is 17.0. The maximum Gasteiger partial charge on any atom is 0.230 e. The zero-order valence-electron chi connectivity index (χ0n) is 23.0. The lowest BCUT2D eigenvalue weighted by atomic mass is 9.48. The van der Waals surface area contributed by atoms with Crippen molar-refractivity contribution in [2.75, 3.05) is 19.5 Å². The number of pyridine rings is 1. The van der Waals surface area contributed by atoms with Gasteiger partial charge in [-0.1, -0.05) is 0 Å². The van der Waals surface area contributed by atoms with E-state index in [1.54, 1.807) is 20.4 Å². The Bertz CT molecular complexity index is 1460. The minimum Gasteiger partial charge on any atom is -0.493 e. The van der Waals surface area contributed by atoms with Crippen molar-refractivity contribution < 1.29 is 23.8 Å². The lowest BCUT2D eigenvalue weighted by Crippen LogP contribution is -2.70. The third-order valence-corrected chi connectivity index (χ3v) is 10.2. The Morgan fingerprint density at radius 3 is 1.98 bits per heavy atom. The number of methoxy groups -OCH3 is 2. The summed E-state index contributed by atoms with van der Waals surface area (Å²) in [7, 11) is 3.19. The zero-order valence-corrected chi connectivity index (χ0v) is 23.0. The summed E-state index contributed by atoms with van der Waals surface area (Å²) in [5.74, 6) is 3.65. The molecule has 0 radical (unpaired) electrons. The largest absolute Gasteiger partial charge is 0.493 e. The first-order valence-corrected chi connectivity index (χ1v) is 14.3. The van der Waals surface area contributed by atoms with Gasteiger partial charge in [0.25, 0.3) is 0 Å². The Kier molecular flexibility index (Phi) is 5.74. The van der Waals surface area contributed by atoms with Crippen LogP contribution >= 0.6 is 0 Å². The predicted molar refractivity (Wildman–Crippen MR) is 151 cm³/mol. The molecule has 2 aromatic carbocycles. The lowest BCUT2D eigenvalue weighted by molar-refractivity contribution is -0.155. The zero-order chi connectivity index (χ0) is 27.5. The van der Waals surface area contributed by atoms with Crippen LogP contribution in [0.2, 0.25) is 0 Å². The Labute approximate surface area is 233 Å². The molecule has 8 heteroatoms. The van der Waals surface area contributed by atoms with Gasteiger partial charge in [0.2, 0.25) is 11.8 Å². The maximum absolute atomic E-state index is 13.5. The molecule has 208 valence electrons. The number of carbonyl (C=O) groups excluding carboxylic acids is 2. The van der Waals surface area contributed by atoms with Crippen molar-refractivity contribution in [1.29, 1.82) is 0 Å². The van der Waals surface area contributed by atoms with Gasteiger partial charge in [-0.05, 0) is 100 Å². The Morgan fingerprint density at radius 2 is 1.40 bits per heavy atom. The molecule has 2 amide bonds. The van der Waals surface area contributed by atoms with Gasteiger partial charge in [0, 0.05) is 39.7 Å². The Hall–Kier alpha value is -3.81. The Balaban J connectivity index is 0.998. The monoisotopic (exact) mass is 541 g/mol. The summed E-state index contributed by atoms with van der Waals surface area (Å²) >= 11 is 0. The molecule has 0 spiro atoms. The van der Waals surface area contributed by atoms with Crippen LogP contribution in [0.1, 0.15) is 57.8 Å². The second-order valence-corrected chi connectivity index (χ2v) is 12.4. The van der Waals surface area contributed by atoms with E-state index in [9.17, 15) is 9.59 Å². The molecule has 40 heavy (non-hydrogen) atoms. The van der Waals surface area contributed by atoms with Gasteiger partial charge in [-0.25, -0.2) is 0 Å². The van der Waals surface area contributed by atoms with Crippen molar-refractivity contribution >= 4 is 28.4 Å². The van der Waals surface area contributed by atoms with Gasteiger partial charge in [-0.2, -0.15) is 0 Å². The average Bonchev–Trinajstić information content (AvgIpc) is 2.95. The number of benzene rings is 2. The van der Waals surface area contributed by atoms with Crippen molar-refractivity contribution in [1.82, 2.24) is 10.3 Å². The molecule has 0 saturated heterocycles. The van der Waals surface area contributed by atoms with Crippen molar-refractivity contribution in [3.8, 4) is 23.0 Å². The van der Waals surface area contributed by atoms with E-state index in [2.05, 4.69) is 15.6 Å². The molecule has 3 aromatic rings. The number of aromatic nitrogens is 1. The average molecular weight is 542 g/mol. The quantitative estimate of drug-likeness (QED) is 0.363. The van der Waals surface area contributed by atoms with Crippen LogP contribution in [0.25, 0.3) is 10.9 Å². The Morgan fingerprint density at radius 1 is 0.800 bits per heavy atom. The summed E-state index contributed by atoms with van der Waals surface area (Å²) in [6.07, 6.45) is 9.89. The number of hydrogen-bond donors (Lipinski definition) is 2. The molecule has 6 fully saturated rings. The molecule has 6 saturated carbocycles. The molecular formula is C32H35N3O5. The van der Waals surface area contributed by atoms with Gasteiger partial charge in [0.15, 0.2) is 11.5 Å². The molecule has 4 bridgehead atoms. The molecule has 0 unspecified atom stereocenters. The maximum atomic E-state index is 13.5. The van der Waals surface area contributed by atoms with Crippen molar-refractivity contribution in [3.05, 3.63) is 48.7 Å². The summed E-state index contributed by atoms with van der Waals surface area (Å²) in [5.41, 5.74) is 0.924. The number of nitrogens with zero attached hydrogens (tertiary/aromatic N) is 1. The van der Waals surface area contributed by atoms with Gasteiger partial charge in [-0.15, -0.1) is 0 Å². The van der Waals surface area contributed by atoms with Crippen LogP contribution in [0.15, 0.2) is 48.7 Å². The van der Waals surface area contributed by atoms with E-state index in [-0.39, 0.29) is 28.2 Å². The van der Waals surface area contributed by atoms with E-state index in [0.717, 1.165) is 80.3 Å². The number of carbonyl (C=O) groups is 2. The first kappa shape index (κ1) is 25.2. The smallest absolute Gasteiger partial charge is 0.230 e. The van der Waals surface area contributed by atoms with Gasteiger partial charge in [0.1, 0.15) is 11.5 Å². The highest BCUT2D eigenvalue weighted by Gasteiger charge is 2.61. The van der Waals surface area contributed by atoms with E-state index in [1.807, 2.05) is 42.5 Å². The first-order chi connectivity index (χ1) is 19.3. The summed E-state index contributed by atoms with van der Waals surface area (Å²) in [4.78, 5) is 31.1. The molecule has 8 nitrogen and oxygen atoms in total.